The Balaban J connectivity index is 1.48. The first-order chi connectivity index (χ1) is 10.00. The van der Waals surface area contributed by atoms with Crippen LogP contribution < -0.4 is 20.1 Å². The van der Waals surface area contributed by atoms with E-state index in [-0.39, 0.29) is 11.9 Å². The van der Waals surface area contributed by atoms with E-state index in [1.807, 2.05) is 13.8 Å². The summed E-state index contributed by atoms with van der Waals surface area (Å²) in [7, 11) is 0. The molecule has 3 atom stereocenters. The lowest BCUT2D eigenvalue weighted by Crippen LogP contribution is -2.42. The minimum absolute atomic E-state index is 0.0366. The minimum Gasteiger partial charge on any atom is -0.449 e. The molecule has 0 aliphatic carbocycles. The lowest BCUT2D eigenvalue weighted by molar-refractivity contribution is -0.0431. The topological polar surface area (TPSA) is 59.6 Å². The van der Waals surface area contributed by atoms with E-state index in [9.17, 15) is 4.79 Å². The highest BCUT2D eigenvalue weighted by Gasteiger charge is 2.40. The molecular weight excluding hydrogens is 268 g/mol. The molecule has 2 saturated heterocycles. The Hall–Kier alpha value is -1.75. The zero-order valence-electron chi connectivity index (χ0n) is 12.3. The highest BCUT2D eigenvalue weighted by Crippen LogP contribution is 2.39. The molecule has 1 aromatic carbocycles. The monoisotopic (exact) mass is 288 g/mol. The smallest absolute Gasteiger partial charge is 0.251 e. The van der Waals surface area contributed by atoms with Gasteiger partial charge in [-0.1, -0.05) is 0 Å². The summed E-state index contributed by atoms with van der Waals surface area (Å²) in [6, 6.07) is 6.63. The predicted octanol–water partition coefficient (Wildman–Crippen LogP) is 1.82. The first-order valence-electron chi connectivity index (χ1n) is 7.59. The minimum atomic E-state index is -0.661. The molecule has 2 fully saturated rings. The number of fused-ring (bicyclic) bond motifs is 3. The van der Waals surface area contributed by atoms with Crippen molar-refractivity contribution in [2.24, 2.45) is 0 Å². The Morgan fingerprint density at radius 3 is 2.81 bits per heavy atom. The third kappa shape index (κ3) is 2.25. The van der Waals surface area contributed by atoms with E-state index < -0.39 is 5.79 Å². The molecule has 1 amide bonds. The highest BCUT2D eigenvalue weighted by molar-refractivity contribution is 5.95. The van der Waals surface area contributed by atoms with Crippen LogP contribution in [-0.4, -0.2) is 29.8 Å². The van der Waals surface area contributed by atoms with Crippen molar-refractivity contribution in [1.29, 1.82) is 0 Å². The Labute approximate surface area is 124 Å². The molecule has 4 rings (SSSR count). The van der Waals surface area contributed by atoms with Crippen molar-refractivity contribution < 1.29 is 14.3 Å². The maximum atomic E-state index is 12.4. The van der Waals surface area contributed by atoms with Crippen LogP contribution in [0.2, 0.25) is 0 Å². The number of carbonyl (C=O) groups is 1. The largest absolute Gasteiger partial charge is 0.449 e. The number of rotatable bonds is 2. The molecule has 21 heavy (non-hydrogen) atoms. The lowest BCUT2D eigenvalue weighted by Gasteiger charge is -2.21. The molecule has 0 saturated carbocycles. The van der Waals surface area contributed by atoms with E-state index in [1.54, 1.807) is 18.2 Å². The number of hydrogen-bond acceptors (Lipinski definition) is 4. The van der Waals surface area contributed by atoms with Gasteiger partial charge < -0.3 is 20.1 Å². The second-order valence-corrected chi connectivity index (χ2v) is 6.63. The van der Waals surface area contributed by atoms with Gasteiger partial charge in [-0.2, -0.15) is 0 Å². The Bertz CT molecular complexity index is 599. The van der Waals surface area contributed by atoms with Crippen LogP contribution in [-0.2, 0) is 0 Å². The van der Waals surface area contributed by atoms with Crippen molar-refractivity contribution in [3.05, 3.63) is 23.8 Å². The van der Waals surface area contributed by atoms with E-state index >= 15 is 0 Å². The molecule has 112 valence electrons. The molecule has 1 aromatic rings. The van der Waals surface area contributed by atoms with Crippen molar-refractivity contribution in [2.75, 3.05) is 0 Å². The number of nitrogens with one attached hydrogen (secondary N) is 2. The highest BCUT2D eigenvalue weighted by atomic mass is 16.7. The molecular formula is C16H20N2O3. The second kappa shape index (κ2) is 4.37. The predicted molar refractivity (Wildman–Crippen MR) is 77.6 cm³/mol. The average molecular weight is 288 g/mol. The number of benzene rings is 1. The Kier molecular flexibility index (Phi) is 2.70. The van der Waals surface area contributed by atoms with E-state index in [4.69, 9.17) is 9.47 Å². The summed E-state index contributed by atoms with van der Waals surface area (Å²) in [5, 5.41) is 6.67. The van der Waals surface area contributed by atoms with Gasteiger partial charge >= 0.3 is 0 Å². The van der Waals surface area contributed by atoms with E-state index in [0.29, 0.717) is 29.1 Å². The van der Waals surface area contributed by atoms with Gasteiger partial charge in [-0.05, 0) is 37.5 Å². The van der Waals surface area contributed by atoms with Gasteiger partial charge in [-0.15, -0.1) is 0 Å². The van der Waals surface area contributed by atoms with E-state index in [0.717, 1.165) is 12.8 Å². The van der Waals surface area contributed by atoms with Gasteiger partial charge in [-0.25, -0.2) is 0 Å². The van der Waals surface area contributed by atoms with Crippen LogP contribution in [0.5, 0.6) is 11.5 Å². The Morgan fingerprint density at radius 1 is 1.29 bits per heavy atom. The zero-order chi connectivity index (χ0) is 14.6. The summed E-state index contributed by atoms with van der Waals surface area (Å²) >= 11 is 0. The number of hydrogen-bond donors (Lipinski definition) is 2. The van der Waals surface area contributed by atoms with Gasteiger partial charge in [0, 0.05) is 37.5 Å². The fourth-order valence-corrected chi connectivity index (χ4v) is 3.60. The molecule has 0 radical (unpaired) electrons. The van der Waals surface area contributed by atoms with Crippen LogP contribution in [0.3, 0.4) is 0 Å². The fourth-order valence-electron chi connectivity index (χ4n) is 3.60. The maximum Gasteiger partial charge on any atom is 0.251 e. The van der Waals surface area contributed by atoms with Gasteiger partial charge in [0.1, 0.15) is 0 Å². The van der Waals surface area contributed by atoms with Crippen LogP contribution in [0.4, 0.5) is 0 Å². The maximum absolute atomic E-state index is 12.4. The molecule has 5 heteroatoms. The third-order valence-electron chi connectivity index (χ3n) is 4.53. The van der Waals surface area contributed by atoms with Crippen LogP contribution in [0.1, 0.15) is 43.5 Å². The van der Waals surface area contributed by atoms with Gasteiger partial charge in [0.25, 0.3) is 5.91 Å². The van der Waals surface area contributed by atoms with Crippen molar-refractivity contribution in [3.63, 3.8) is 0 Å². The molecule has 0 aromatic heterocycles. The number of ether oxygens (including phenoxy) is 2. The van der Waals surface area contributed by atoms with Crippen molar-refractivity contribution in [3.8, 4) is 11.5 Å². The van der Waals surface area contributed by atoms with Crippen molar-refractivity contribution in [1.82, 2.24) is 10.6 Å². The molecule has 2 bridgehead atoms. The van der Waals surface area contributed by atoms with Crippen molar-refractivity contribution >= 4 is 5.91 Å². The summed E-state index contributed by atoms with van der Waals surface area (Å²) in [6.07, 6.45) is 3.43. The van der Waals surface area contributed by atoms with Gasteiger partial charge in [0.2, 0.25) is 5.79 Å². The summed E-state index contributed by atoms with van der Waals surface area (Å²) in [6.45, 7) is 3.71. The summed E-state index contributed by atoms with van der Waals surface area (Å²) in [4.78, 5) is 12.4. The average Bonchev–Trinajstić information content (AvgIpc) is 3.08. The normalized spacial score (nSPS) is 31.4. The molecule has 3 aliphatic heterocycles. The van der Waals surface area contributed by atoms with Crippen LogP contribution in [0, 0.1) is 0 Å². The molecule has 5 nitrogen and oxygen atoms in total. The molecule has 3 heterocycles. The van der Waals surface area contributed by atoms with Gasteiger partial charge in [0.05, 0.1) is 0 Å². The fraction of sp³-hybridized carbons (Fsp3) is 0.562. The lowest BCUT2D eigenvalue weighted by atomic mass is 9.95. The number of amides is 1. The second-order valence-electron chi connectivity index (χ2n) is 6.63. The molecule has 3 aliphatic rings. The van der Waals surface area contributed by atoms with Crippen LogP contribution in [0.25, 0.3) is 0 Å². The molecule has 0 spiro atoms. The number of carbonyl (C=O) groups excluding carboxylic acids is 1. The standard InChI is InChI=1S/C16H20N2O3/c1-16(2)20-13-6-3-9(7-14(13)21-16)15(19)18-12-8-10-4-5-11(12)17-10/h3,6-7,10-12,17H,4-5,8H2,1-2H3,(H,18,19)/t10-,11+,12-/m1/s1. The Morgan fingerprint density at radius 2 is 2.10 bits per heavy atom. The van der Waals surface area contributed by atoms with Gasteiger partial charge in [-0.3, -0.25) is 4.79 Å². The first-order valence-corrected chi connectivity index (χ1v) is 7.59. The summed E-state index contributed by atoms with van der Waals surface area (Å²) in [5.41, 5.74) is 0.623. The van der Waals surface area contributed by atoms with Gasteiger partial charge in [0.15, 0.2) is 11.5 Å². The van der Waals surface area contributed by atoms with E-state index in [2.05, 4.69) is 10.6 Å². The summed E-state index contributed by atoms with van der Waals surface area (Å²) < 4.78 is 11.3. The quantitative estimate of drug-likeness (QED) is 0.871. The van der Waals surface area contributed by atoms with Crippen LogP contribution in [0.15, 0.2) is 18.2 Å². The SMILES string of the molecule is CC1(C)Oc2ccc(C(=O)N[C@@H]3C[C@H]4CC[C@@H]3N4)cc2O1. The van der Waals surface area contributed by atoms with Crippen molar-refractivity contribution in [2.45, 2.75) is 57.0 Å². The van der Waals surface area contributed by atoms with Crippen LogP contribution >= 0.6 is 0 Å². The molecule has 2 N–H and O–H groups in total. The third-order valence-corrected chi connectivity index (χ3v) is 4.53. The molecule has 0 unspecified atom stereocenters. The van der Waals surface area contributed by atoms with E-state index in [1.165, 1.54) is 6.42 Å². The summed E-state index contributed by atoms with van der Waals surface area (Å²) in [5.74, 6) is 0.633. The first kappa shape index (κ1) is 13.0. The zero-order valence-corrected chi connectivity index (χ0v) is 12.3.